The summed E-state index contributed by atoms with van der Waals surface area (Å²) < 4.78 is 29.6. The van der Waals surface area contributed by atoms with Gasteiger partial charge < -0.3 is 4.90 Å². The number of para-hydroxylation sites is 1. The van der Waals surface area contributed by atoms with Gasteiger partial charge in [0.05, 0.1) is 4.88 Å². The molecule has 26 heavy (non-hydrogen) atoms. The van der Waals surface area contributed by atoms with Gasteiger partial charge in [0.25, 0.3) is 0 Å². The molecule has 8 heteroatoms. The third kappa shape index (κ3) is 3.15. The van der Waals surface area contributed by atoms with E-state index < -0.39 is 10.0 Å². The van der Waals surface area contributed by atoms with Crippen LogP contribution in [0, 0.1) is 0 Å². The monoisotopic (exact) mass is 388 g/mol. The van der Waals surface area contributed by atoms with Crippen LogP contribution < -0.4 is 4.90 Å². The summed E-state index contributed by atoms with van der Waals surface area (Å²) in [5, 5.41) is 6.32. The molecule has 0 bridgehead atoms. The van der Waals surface area contributed by atoms with Crippen molar-refractivity contribution in [3.63, 3.8) is 0 Å². The maximum absolute atomic E-state index is 13.2. The summed E-state index contributed by atoms with van der Waals surface area (Å²) >= 11 is 1.50. The van der Waals surface area contributed by atoms with Crippen molar-refractivity contribution in [1.29, 1.82) is 0 Å². The van der Waals surface area contributed by atoms with Gasteiger partial charge in [-0.15, -0.1) is 11.3 Å². The van der Waals surface area contributed by atoms with Crippen LogP contribution in [0.25, 0.3) is 10.6 Å². The molecule has 0 N–H and O–H groups in total. The van der Waals surface area contributed by atoms with Crippen molar-refractivity contribution in [3.8, 4) is 10.6 Å². The summed E-state index contributed by atoms with van der Waals surface area (Å²) in [5.74, 6) is 0. The van der Waals surface area contributed by atoms with Crippen molar-refractivity contribution in [2.75, 3.05) is 31.1 Å². The molecule has 0 amide bonds. The van der Waals surface area contributed by atoms with E-state index in [0.29, 0.717) is 31.9 Å². The Morgan fingerprint density at radius 1 is 1.00 bits per heavy atom. The number of anilines is 1. The van der Waals surface area contributed by atoms with Gasteiger partial charge in [-0.1, -0.05) is 24.3 Å². The summed E-state index contributed by atoms with van der Waals surface area (Å²) in [6.45, 7) is 2.29. The van der Waals surface area contributed by atoms with E-state index in [1.165, 1.54) is 11.3 Å². The Balaban J connectivity index is 1.57. The number of hydrogen-bond donors (Lipinski definition) is 0. The zero-order valence-electron chi connectivity index (χ0n) is 14.4. The van der Waals surface area contributed by atoms with E-state index in [-0.39, 0.29) is 4.90 Å². The standard InChI is InChI=1S/C18H20N4O2S2/c1-20-14-17(18(19-20)16-8-5-13-25-16)26(23,24)22-11-9-21(10-12-22)15-6-3-2-4-7-15/h2-8,13-14H,9-12H2,1H3. The Morgan fingerprint density at radius 2 is 1.73 bits per heavy atom. The van der Waals surface area contributed by atoms with Crippen LogP contribution in [0.3, 0.4) is 0 Å². The zero-order chi connectivity index (χ0) is 18.1. The molecule has 1 aromatic carbocycles. The zero-order valence-corrected chi connectivity index (χ0v) is 16.1. The van der Waals surface area contributed by atoms with Crippen LogP contribution in [0.4, 0.5) is 5.69 Å². The highest BCUT2D eigenvalue weighted by Gasteiger charge is 2.32. The van der Waals surface area contributed by atoms with E-state index >= 15 is 0 Å². The van der Waals surface area contributed by atoms with Crippen molar-refractivity contribution in [1.82, 2.24) is 14.1 Å². The van der Waals surface area contributed by atoms with E-state index in [1.54, 1.807) is 22.2 Å². The molecule has 1 aliphatic heterocycles. The lowest BCUT2D eigenvalue weighted by atomic mass is 10.2. The first-order valence-corrected chi connectivity index (χ1v) is 10.8. The van der Waals surface area contributed by atoms with E-state index in [2.05, 4.69) is 22.1 Å². The second kappa shape index (κ2) is 6.86. The number of nitrogens with zero attached hydrogens (tertiary/aromatic N) is 4. The number of piperazine rings is 1. The van der Waals surface area contributed by atoms with Crippen LogP contribution in [0.2, 0.25) is 0 Å². The number of aryl methyl sites for hydroxylation is 1. The molecule has 0 spiro atoms. The number of aromatic nitrogens is 2. The molecule has 2 aromatic heterocycles. The summed E-state index contributed by atoms with van der Waals surface area (Å²) in [6, 6.07) is 13.9. The molecular formula is C18H20N4O2S2. The van der Waals surface area contributed by atoms with Crippen LogP contribution in [-0.2, 0) is 17.1 Å². The Bertz CT molecular complexity index is 974. The lowest BCUT2D eigenvalue weighted by molar-refractivity contribution is 0.385. The van der Waals surface area contributed by atoms with Gasteiger partial charge in [-0.05, 0) is 23.6 Å². The molecule has 4 rings (SSSR count). The molecule has 3 heterocycles. The lowest BCUT2D eigenvalue weighted by Gasteiger charge is -2.35. The van der Waals surface area contributed by atoms with Gasteiger partial charge in [-0.2, -0.15) is 9.40 Å². The third-order valence-corrected chi connectivity index (χ3v) is 7.30. The summed E-state index contributed by atoms with van der Waals surface area (Å²) in [5.41, 5.74) is 1.66. The van der Waals surface area contributed by atoms with E-state index in [1.807, 2.05) is 35.7 Å². The fraction of sp³-hybridized carbons (Fsp3) is 0.278. The maximum atomic E-state index is 13.2. The number of sulfonamides is 1. The third-order valence-electron chi connectivity index (χ3n) is 4.53. The van der Waals surface area contributed by atoms with Crippen LogP contribution >= 0.6 is 11.3 Å². The molecule has 0 atom stereocenters. The quantitative estimate of drug-likeness (QED) is 0.689. The Morgan fingerprint density at radius 3 is 2.38 bits per heavy atom. The second-order valence-electron chi connectivity index (χ2n) is 6.22. The predicted octanol–water partition coefficient (Wildman–Crippen LogP) is 2.66. The highest BCUT2D eigenvalue weighted by atomic mass is 32.2. The van der Waals surface area contributed by atoms with Crippen molar-refractivity contribution in [2.45, 2.75) is 4.90 Å². The van der Waals surface area contributed by atoms with Crippen LogP contribution in [0.5, 0.6) is 0 Å². The molecular weight excluding hydrogens is 368 g/mol. The van der Waals surface area contributed by atoms with Gasteiger partial charge in [0.1, 0.15) is 10.6 Å². The minimum atomic E-state index is -3.57. The van der Waals surface area contributed by atoms with Crippen molar-refractivity contribution in [3.05, 3.63) is 54.0 Å². The van der Waals surface area contributed by atoms with E-state index in [4.69, 9.17) is 0 Å². The van der Waals surface area contributed by atoms with Crippen molar-refractivity contribution in [2.24, 2.45) is 7.05 Å². The van der Waals surface area contributed by atoms with Crippen molar-refractivity contribution < 1.29 is 8.42 Å². The normalized spacial score (nSPS) is 16.1. The molecule has 1 fully saturated rings. The average molecular weight is 389 g/mol. The van der Waals surface area contributed by atoms with Gasteiger partial charge in [-0.25, -0.2) is 8.42 Å². The van der Waals surface area contributed by atoms with Gasteiger partial charge in [0.2, 0.25) is 10.0 Å². The Labute approximate surface area is 157 Å². The highest BCUT2D eigenvalue weighted by Crippen LogP contribution is 2.31. The van der Waals surface area contributed by atoms with Crippen LogP contribution in [-0.4, -0.2) is 48.7 Å². The summed E-state index contributed by atoms with van der Waals surface area (Å²) in [6.07, 6.45) is 1.61. The largest absolute Gasteiger partial charge is 0.369 e. The summed E-state index contributed by atoms with van der Waals surface area (Å²) in [4.78, 5) is 3.37. The maximum Gasteiger partial charge on any atom is 0.246 e. The molecule has 0 radical (unpaired) electrons. The van der Waals surface area contributed by atoms with Crippen LogP contribution in [0.1, 0.15) is 0 Å². The molecule has 0 aliphatic carbocycles. The van der Waals surface area contributed by atoms with E-state index in [0.717, 1.165) is 10.6 Å². The first kappa shape index (κ1) is 17.3. The molecule has 6 nitrogen and oxygen atoms in total. The molecule has 0 unspecified atom stereocenters. The molecule has 1 aliphatic rings. The van der Waals surface area contributed by atoms with Gasteiger partial charge >= 0.3 is 0 Å². The SMILES string of the molecule is Cn1cc(S(=O)(=O)N2CCN(c3ccccc3)CC2)c(-c2cccs2)n1. The number of thiophene rings is 1. The smallest absolute Gasteiger partial charge is 0.246 e. The second-order valence-corrected chi connectivity index (χ2v) is 9.07. The first-order chi connectivity index (χ1) is 12.6. The first-order valence-electron chi connectivity index (χ1n) is 8.43. The lowest BCUT2D eigenvalue weighted by Crippen LogP contribution is -2.48. The van der Waals surface area contributed by atoms with Crippen LogP contribution in [0.15, 0.2) is 58.9 Å². The molecule has 1 saturated heterocycles. The average Bonchev–Trinajstić information content (AvgIpc) is 3.32. The van der Waals surface area contributed by atoms with Gasteiger partial charge in [-0.3, -0.25) is 4.68 Å². The minimum absolute atomic E-state index is 0.288. The highest BCUT2D eigenvalue weighted by molar-refractivity contribution is 7.89. The molecule has 0 saturated carbocycles. The van der Waals surface area contributed by atoms with E-state index in [9.17, 15) is 8.42 Å². The topological polar surface area (TPSA) is 58.4 Å². The fourth-order valence-corrected chi connectivity index (χ4v) is 5.60. The molecule has 136 valence electrons. The number of hydrogen-bond acceptors (Lipinski definition) is 5. The molecule has 3 aromatic rings. The number of rotatable bonds is 4. The van der Waals surface area contributed by atoms with Gasteiger partial charge in [0.15, 0.2) is 0 Å². The minimum Gasteiger partial charge on any atom is -0.369 e. The predicted molar refractivity (Wildman–Crippen MR) is 104 cm³/mol. The Kier molecular flexibility index (Phi) is 4.56. The fourth-order valence-electron chi connectivity index (χ4n) is 3.20. The van der Waals surface area contributed by atoms with Crippen molar-refractivity contribution >= 4 is 27.0 Å². The van der Waals surface area contributed by atoms with Gasteiger partial charge in [0, 0.05) is 45.1 Å². The number of benzene rings is 1. The Hall–Kier alpha value is -2.16. The summed E-state index contributed by atoms with van der Waals surface area (Å²) in [7, 11) is -1.82.